The lowest BCUT2D eigenvalue weighted by atomic mass is 10.0. The van der Waals surface area contributed by atoms with Crippen LogP contribution in [0, 0.1) is 10.1 Å². The molecule has 1 aliphatic heterocycles. The Bertz CT molecular complexity index is 836. The van der Waals surface area contributed by atoms with Crippen molar-refractivity contribution in [1.29, 1.82) is 0 Å². The van der Waals surface area contributed by atoms with E-state index in [-0.39, 0.29) is 28.9 Å². The van der Waals surface area contributed by atoms with Crippen molar-refractivity contribution in [3.05, 3.63) is 64.0 Å². The van der Waals surface area contributed by atoms with Gasteiger partial charge in [0, 0.05) is 23.9 Å². The van der Waals surface area contributed by atoms with Gasteiger partial charge in [0.2, 0.25) is 0 Å². The number of nitro groups is 1. The van der Waals surface area contributed by atoms with Gasteiger partial charge in [0.25, 0.3) is 5.91 Å². The zero-order valence-corrected chi connectivity index (χ0v) is 16.5. The minimum Gasteiger partial charge on any atom is -0.487 e. The molecular weight excluding hydrogens is 372 g/mol. The lowest BCUT2D eigenvalue weighted by Gasteiger charge is -2.31. The van der Waals surface area contributed by atoms with Crippen LogP contribution in [0.15, 0.2) is 42.6 Å². The Labute approximate surface area is 170 Å². The van der Waals surface area contributed by atoms with Crippen LogP contribution in [0.3, 0.4) is 0 Å². The average molecular weight is 398 g/mol. The first-order chi connectivity index (χ1) is 14.1. The SMILES string of the molecule is CCOc1ccc(C(=O)N(Cc2ccccn2)C2CCCNCC2)cc1[N+](=O)[O-]. The van der Waals surface area contributed by atoms with E-state index in [1.54, 1.807) is 24.1 Å². The molecule has 8 nitrogen and oxygen atoms in total. The maximum Gasteiger partial charge on any atom is 0.311 e. The third-order valence-corrected chi connectivity index (χ3v) is 5.01. The first-order valence-corrected chi connectivity index (χ1v) is 9.93. The molecule has 1 atom stereocenters. The Morgan fingerprint density at radius 2 is 2.17 bits per heavy atom. The van der Waals surface area contributed by atoms with Gasteiger partial charge in [-0.2, -0.15) is 0 Å². The Hall–Kier alpha value is -3.00. The van der Waals surface area contributed by atoms with E-state index >= 15 is 0 Å². The van der Waals surface area contributed by atoms with E-state index in [0.29, 0.717) is 13.2 Å². The molecule has 1 fully saturated rings. The second kappa shape index (κ2) is 9.97. The van der Waals surface area contributed by atoms with Gasteiger partial charge in [0.15, 0.2) is 5.75 Å². The second-order valence-electron chi connectivity index (χ2n) is 6.96. The molecule has 3 rings (SSSR count). The molecule has 1 aliphatic rings. The molecule has 2 heterocycles. The molecule has 1 unspecified atom stereocenters. The molecule has 0 bridgehead atoms. The third-order valence-electron chi connectivity index (χ3n) is 5.01. The molecular formula is C21H26N4O4. The smallest absolute Gasteiger partial charge is 0.311 e. The quantitative estimate of drug-likeness (QED) is 0.568. The number of hydrogen-bond donors (Lipinski definition) is 1. The van der Waals surface area contributed by atoms with E-state index in [9.17, 15) is 14.9 Å². The number of rotatable bonds is 7. The van der Waals surface area contributed by atoms with Crippen molar-refractivity contribution in [3.8, 4) is 5.75 Å². The Kier molecular flexibility index (Phi) is 7.13. The summed E-state index contributed by atoms with van der Waals surface area (Å²) in [4.78, 5) is 30.5. The number of carbonyl (C=O) groups excluding carboxylic acids is 1. The zero-order chi connectivity index (χ0) is 20.6. The predicted octanol–water partition coefficient (Wildman–Crippen LogP) is 3.17. The number of ether oxygens (including phenoxy) is 1. The van der Waals surface area contributed by atoms with Gasteiger partial charge in [-0.1, -0.05) is 6.07 Å². The van der Waals surface area contributed by atoms with Crippen LogP contribution in [0.4, 0.5) is 5.69 Å². The monoisotopic (exact) mass is 398 g/mol. The first-order valence-electron chi connectivity index (χ1n) is 9.93. The fourth-order valence-corrected chi connectivity index (χ4v) is 3.58. The van der Waals surface area contributed by atoms with Gasteiger partial charge >= 0.3 is 5.69 Å². The number of benzene rings is 1. The maximum absolute atomic E-state index is 13.4. The maximum atomic E-state index is 13.4. The molecule has 0 aliphatic carbocycles. The van der Waals surface area contributed by atoms with E-state index in [4.69, 9.17) is 4.74 Å². The molecule has 0 spiro atoms. The van der Waals surface area contributed by atoms with Gasteiger partial charge in [-0.25, -0.2) is 0 Å². The van der Waals surface area contributed by atoms with E-state index in [1.807, 2.05) is 18.2 Å². The summed E-state index contributed by atoms with van der Waals surface area (Å²) in [5.41, 5.74) is 0.879. The van der Waals surface area contributed by atoms with Crippen LogP contribution in [-0.2, 0) is 6.54 Å². The lowest BCUT2D eigenvalue weighted by Crippen LogP contribution is -2.40. The molecule has 1 aromatic heterocycles. The van der Waals surface area contributed by atoms with E-state index in [1.165, 1.54) is 12.1 Å². The van der Waals surface area contributed by atoms with Crippen LogP contribution >= 0.6 is 0 Å². The molecule has 0 radical (unpaired) electrons. The van der Waals surface area contributed by atoms with Crippen molar-refractivity contribution in [1.82, 2.24) is 15.2 Å². The largest absolute Gasteiger partial charge is 0.487 e. The van der Waals surface area contributed by atoms with E-state index in [0.717, 1.165) is 38.0 Å². The van der Waals surface area contributed by atoms with Crippen LogP contribution in [0.2, 0.25) is 0 Å². The standard InChI is InChI=1S/C21H26N4O4/c1-2-29-20-9-8-16(14-19(20)25(27)28)21(26)24(15-17-6-3-4-12-23-17)18-7-5-11-22-13-10-18/h3-4,6,8-9,12,14,18,22H,2,5,7,10-11,13,15H2,1H3. The first kappa shape index (κ1) is 20.7. The summed E-state index contributed by atoms with van der Waals surface area (Å²) in [6, 6.07) is 10.1. The lowest BCUT2D eigenvalue weighted by molar-refractivity contribution is -0.385. The van der Waals surface area contributed by atoms with Gasteiger partial charge in [-0.15, -0.1) is 0 Å². The van der Waals surface area contributed by atoms with Crippen LogP contribution in [-0.4, -0.2) is 46.5 Å². The topological polar surface area (TPSA) is 97.6 Å². The molecule has 1 aromatic carbocycles. The van der Waals surface area contributed by atoms with Crippen molar-refractivity contribution >= 4 is 11.6 Å². The number of pyridine rings is 1. The molecule has 154 valence electrons. The van der Waals surface area contributed by atoms with Crippen LogP contribution in [0.25, 0.3) is 0 Å². The molecule has 1 N–H and O–H groups in total. The van der Waals surface area contributed by atoms with Crippen molar-refractivity contribution in [3.63, 3.8) is 0 Å². The summed E-state index contributed by atoms with van der Waals surface area (Å²) in [7, 11) is 0. The van der Waals surface area contributed by atoms with Gasteiger partial charge in [-0.3, -0.25) is 19.9 Å². The minimum atomic E-state index is -0.513. The Morgan fingerprint density at radius 1 is 1.31 bits per heavy atom. The number of nitrogens with zero attached hydrogens (tertiary/aromatic N) is 3. The van der Waals surface area contributed by atoms with Crippen LogP contribution < -0.4 is 10.1 Å². The molecule has 1 saturated heterocycles. The number of amides is 1. The van der Waals surface area contributed by atoms with Crippen LogP contribution in [0.1, 0.15) is 42.2 Å². The predicted molar refractivity (Wildman–Crippen MR) is 109 cm³/mol. The number of carbonyl (C=O) groups is 1. The van der Waals surface area contributed by atoms with Crippen LogP contribution in [0.5, 0.6) is 5.75 Å². The van der Waals surface area contributed by atoms with Crippen molar-refractivity contribution < 1.29 is 14.5 Å². The molecule has 1 amide bonds. The molecule has 29 heavy (non-hydrogen) atoms. The number of nitrogens with one attached hydrogen (secondary N) is 1. The summed E-state index contributed by atoms with van der Waals surface area (Å²) in [5.74, 6) is -0.0577. The van der Waals surface area contributed by atoms with Crippen molar-refractivity contribution in [2.75, 3.05) is 19.7 Å². The van der Waals surface area contributed by atoms with Gasteiger partial charge < -0.3 is 15.0 Å². The third kappa shape index (κ3) is 5.29. The highest BCUT2D eigenvalue weighted by Crippen LogP contribution is 2.29. The summed E-state index contributed by atoms with van der Waals surface area (Å²) >= 11 is 0. The fourth-order valence-electron chi connectivity index (χ4n) is 3.58. The highest BCUT2D eigenvalue weighted by atomic mass is 16.6. The summed E-state index contributed by atoms with van der Waals surface area (Å²) in [6.45, 7) is 4.20. The molecule has 8 heteroatoms. The minimum absolute atomic E-state index is 0.0464. The molecule has 2 aromatic rings. The average Bonchev–Trinajstić information content (AvgIpc) is 3.02. The van der Waals surface area contributed by atoms with Gasteiger partial charge in [0.1, 0.15) is 0 Å². The summed E-state index contributed by atoms with van der Waals surface area (Å²) in [6.07, 6.45) is 4.39. The fraction of sp³-hybridized carbons (Fsp3) is 0.429. The highest BCUT2D eigenvalue weighted by Gasteiger charge is 2.28. The summed E-state index contributed by atoms with van der Waals surface area (Å²) in [5, 5.41) is 14.8. The Morgan fingerprint density at radius 3 is 2.90 bits per heavy atom. The van der Waals surface area contributed by atoms with Gasteiger partial charge in [-0.05, 0) is 63.5 Å². The number of nitro benzene ring substituents is 1. The highest BCUT2D eigenvalue weighted by molar-refractivity contribution is 5.95. The van der Waals surface area contributed by atoms with E-state index in [2.05, 4.69) is 10.3 Å². The van der Waals surface area contributed by atoms with E-state index < -0.39 is 4.92 Å². The number of aromatic nitrogens is 1. The molecule has 0 saturated carbocycles. The van der Waals surface area contributed by atoms with Crippen molar-refractivity contribution in [2.45, 2.75) is 38.8 Å². The second-order valence-corrected chi connectivity index (χ2v) is 6.96. The normalized spacial score (nSPS) is 16.7. The summed E-state index contributed by atoms with van der Waals surface area (Å²) < 4.78 is 5.34. The Balaban J connectivity index is 1.92. The zero-order valence-electron chi connectivity index (χ0n) is 16.5. The number of hydrogen-bond acceptors (Lipinski definition) is 6. The van der Waals surface area contributed by atoms with Gasteiger partial charge in [0.05, 0.1) is 23.8 Å². The van der Waals surface area contributed by atoms with Crippen molar-refractivity contribution in [2.24, 2.45) is 0 Å².